The van der Waals surface area contributed by atoms with Gasteiger partial charge in [-0.3, -0.25) is 19.2 Å². The number of nitrogen functional groups attached to an aromatic ring is 2. The van der Waals surface area contributed by atoms with Crippen LogP contribution in [-0.4, -0.2) is 94.6 Å². The molecule has 14 heteroatoms. The Balaban J connectivity index is 0.000000271. The van der Waals surface area contributed by atoms with Gasteiger partial charge in [-0.1, -0.05) is 12.1 Å². The minimum atomic E-state index is -1.08. The number of nitrogens with two attached hydrogens (primary N) is 2. The zero-order chi connectivity index (χ0) is 36.6. The van der Waals surface area contributed by atoms with E-state index in [0.717, 1.165) is 0 Å². The number of carboxylic acids is 1. The van der Waals surface area contributed by atoms with E-state index in [1.807, 2.05) is 6.92 Å². The van der Waals surface area contributed by atoms with Crippen molar-refractivity contribution in [1.82, 2.24) is 19.8 Å². The topological polar surface area (TPSA) is 208 Å². The molecule has 50 heavy (non-hydrogen) atoms. The Labute approximate surface area is 289 Å². The summed E-state index contributed by atoms with van der Waals surface area (Å²) in [5.74, 6) is -0.134. The van der Waals surface area contributed by atoms with E-state index in [0.29, 0.717) is 52.3 Å². The Morgan fingerprint density at radius 1 is 0.640 bits per heavy atom. The van der Waals surface area contributed by atoms with Gasteiger partial charge in [-0.2, -0.15) is 0 Å². The molecule has 262 valence electrons. The zero-order valence-corrected chi connectivity index (χ0v) is 28.1. The lowest BCUT2D eigenvalue weighted by Gasteiger charge is -2.16. The number of anilines is 2. The highest BCUT2D eigenvalue weighted by molar-refractivity contribution is 6.00. The summed E-state index contributed by atoms with van der Waals surface area (Å²) in [5, 5.41) is 8.56. The summed E-state index contributed by atoms with van der Waals surface area (Å²) in [5.41, 5.74) is 13.2. The normalized spacial score (nSPS) is 10.2. The Kier molecular flexibility index (Phi) is 14.4. The molecule has 0 aliphatic carbocycles. The molecule has 0 bridgehead atoms. The lowest BCUT2D eigenvalue weighted by molar-refractivity contribution is -0.139. The van der Waals surface area contributed by atoms with Crippen molar-refractivity contribution in [1.29, 1.82) is 0 Å². The van der Waals surface area contributed by atoms with Crippen molar-refractivity contribution in [2.75, 3.05) is 51.9 Å². The van der Waals surface area contributed by atoms with Gasteiger partial charge in [-0.15, -0.1) is 0 Å². The molecule has 4 rings (SSSR count). The maximum atomic E-state index is 12.3. The summed E-state index contributed by atoms with van der Waals surface area (Å²) in [7, 11) is 3.14. The van der Waals surface area contributed by atoms with Crippen LogP contribution in [0.3, 0.4) is 0 Å². The summed E-state index contributed by atoms with van der Waals surface area (Å²) in [6.45, 7) is 1.94. The van der Waals surface area contributed by atoms with Crippen LogP contribution in [0.25, 0.3) is 0 Å². The third kappa shape index (κ3) is 12.7. The molecule has 4 aromatic rings. The van der Waals surface area contributed by atoms with Gasteiger partial charge in [0, 0.05) is 25.2 Å². The fraction of sp³-hybridized carbons (Fsp3) is 0.250. The van der Waals surface area contributed by atoms with Crippen molar-refractivity contribution in [3.05, 3.63) is 107 Å². The predicted octanol–water partition coefficient (Wildman–Crippen LogP) is 2.96. The molecule has 0 atom stereocenters. The van der Waals surface area contributed by atoms with Crippen LogP contribution in [0.4, 0.5) is 11.6 Å². The Hall–Kier alpha value is -6.31. The van der Waals surface area contributed by atoms with Crippen LogP contribution in [0.1, 0.15) is 39.0 Å². The van der Waals surface area contributed by atoms with Gasteiger partial charge in [-0.25, -0.2) is 14.8 Å². The summed E-state index contributed by atoms with van der Waals surface area (Å²) in [4.78, 5) is 70.3. The van der Waals surface area contributed by atoms with Crippen LogP contribution in [0.15, 0.2) is 84.9 Å². The SMILES string of the molecule is CCOc1ccc(C(=O)CN(C)C(=O)Cc2cccc(N)n2)cc1.CN(CC(=O)c1ccc(OCC(=O)O)cc1)C(=O)Cc1cccc(N)n1. The number of nitrogens with zero attached hydrogens (tertiary/aromatic N) is 4. The fourth-order valence-corrected chi connectivity index (χ4v) is 4.35. The second-order valence-corrected chi connectivity index (χ2v) is 11.0. The van der Waals surface area contributed by atoms with Crippen molar-refractivity contribution in [2.24, 2.45) is 0 Å². The number of carbonyl (C=O) groups is 5. The summed E-state index contributed by atoms with van der Waals surface area (Å²) < 4.78 is 10.3. The number of likely N-dealkylation sites (N-methyl/N-ethyl adjacent to an activating group) is 2. The number of carboxylic acid groups (broad SMARTS) is 1. The van der Waals surface area contributed by atoms with Crippen LogP contribution in [0.2, 0.25) is 0 Å². The molecule has 2 heterocycles. The van der Waals surface area contributed by atoms with Crippen molar-refractivity contribution in [2.45, 2.75) is 19.8 Å². The molecule has 0 unspecified atom stereocenters. The van der Waals surface area contributed by atoms with Gasteiger partial charge >= 0.3 is 5.97 Å². The van der Waals surface area contributed by atoms with Crippen molar-refractivity contribution < 1.29 is 38.6 Å². The van der Waals surface area contributed by atoms with Crippen molar-refractivity contribution in [3.8, 4) is 11.5 Å². The van der Waals surface area contributed by atoms with Gasteiger partial charge in [0.05, 0.1) is 43.9 Å². The van der Waals surface area contributed by atoms with Gasteiger partial charge in [0.25, 0.3) is 0 Å². The van der Waals surface area contributed by atoms with Gasteiger partial charge in [-0.05, 0) is 79.7 Å². The highest BCUT2D eigenvalue weighted by Crippen LogP contribution is 2.14. The molecule has 0 aliphatic heterocycles. The Morgan fingerprint density at radius 2 is 1.04 bits per heavy atom. The lowest BCUT2D eigenvalue weighted by Crippen LogP contribution is -2.33. The highest BCUT2D eigenvalue weighted by atomic mass is 16.5. The third-order valence-electron chi connectivity index (χ3n) is 6.96. The van der Waals surface area contributed by atoms with Crippen LogP contribution < -0.4 is 20.9 Å². The molecule has 0 fully saturated rings. The average Bonchev–Trinajstić information content (AvgIpc) is 3.08. The smallest absolute Gasteiger partial charge is 0.341 e. The first kappa shape index (κ1) is 38.1. The quantitative estimate of drug-likeness (QED) is 0.154. The molecular formula is C36H40N6O8. The van der Waals surface area contributed by atoms with Gasteiger partial charge in [0.2, 0.25) is 11.8 Å². The minimum Gasteiger partial charge on any atom is -0.494 e. The van der Waals surface area contributed by atoms with Crippen LogP contribution in [0.5, 0.6) is 11.5 Å². The van der Waals surface area contributed by atoms with Crippen LogP contribution in [0, 0.1) is 0 Å². The van der Waals surface area contributed by atoms with E-state index in [1.165, 1.54) is 41.1 Å². The Bertz CT molecular complexity index is 1780. The number of hydrogen-bond donors (Lipinski definition) is 3. The third-order valence-corrected chi connectivity index (χ3v) is 6.96. The average molecular weight is 685 g/mol. The molecule has 5 N–H and O–H groups in total. The summed E-state index contributed by atoms with van der Waals surface area (Å²) in [6.07, 6.45) is 0.162. The molecule has 0 saturated heterocycles. The summed E-state index contributed by atoms with van der Waals surface area (Å²) in [6, 6.07) is 23.1. The number of ether oxygens (including phenoxy) is 2. The van der Waals surface area contributed by atoms with E-state index in [1.54, 1.807) is 67.7 Å². The zero-order valence-electron chi connectivity index (χ0n) is 28.1. The predicted molar refractivity (Wildman–Crippen MR) is 186 cm³/mol. The molecule has 2 amide bonds. The first-order valence-corrected chi connectivity index (χ1v) is 15.5. The van der Waals surface area contributed by atoms with Gasteiger partial charge in [0.1, 0.15) is 23.1 Å². The lowest BCUT2D eigenvalue weighted by atomic mass is 10.1. The molecular weight excluding hydrogens is 644 g/mol. The van der Waals surface area contributed by atoms with Crippen LogP contribution >= 0.6 is 0 Å². The monoisotopic (exact) mass is 684 g/mol. The Morgan fingerprint density at radius 3 is 1.40 bits per heavy atom. The van der Waals surface area contributed by atoms with Gasteiger partial charge in [0.15, 0.2) is 18.2 Å². The number of amides is 2. The molecule has 0 saturated carbocycles. The largest absolute Gasteiger partial charge is 0.494 e. The number of aliphatic carboxylic acids is 1. The molecule has 2 aromatic heterocycles. The number of benzene rings is 2. The van der Waals surface area contributed by atoms with Crippen LogP contribution in [-0.2, 0) is 27.2 Å². The van der Waals surface area contributed by atoms with E-state index in [9.17, 15) is 24.0 Å². The number of pyridine rings is 2. The number of ketones is 2. The number of aromatic nitrogens is 2. The second kappa shape index (κ2) is 18.9. The van der Waals surface area contributed by atoms with E-state index in [2.05, 4.69) is 9.97 Å². The van der Waals surface area contributed by atoms with Crippen molar-refractivity contribution in [3.63, 3.8) is 0 Å². The van der Waals surface area contributed by atoms with Gasteiger partial charge < -0.3 is 35.8 Å². The number of rotatable bonds is 15. The highest BCUT2D eigenvalue weighted by Gasteiger charge is 2.17. The number of carbonyl (C=O) groups excluding carboxylic acids is 4. The summed E-state index contributed by atoms with van der Waals surface area (Å²) >= 11 is 0. The molecule has 0 spiro atoms. The fourth-order valence-electron chi connectivity index (χ4n) is 4.35. The first-order chi connectivity index (χ1) is 23.8. The van der Waals surface area contributed by atoms with E-state index in [-0.39, 0.29) is 49.3 Å². The maximum absolute atomic E-state index is 12.3. The molecule has 14 nitrogen and oxygen atoms in total. The first-order valence-electron chi connectivity index (χ1n) is 15.5. The van der Waals surface area contributed by atoms with E-state index in [4.69, 9.17) is 26.0 Å². The number of Topliss-reactive ketones (excluding diaryl/α,β-unsaturated/α-hetero) is 2. The standard InChI is InChI=1S/C18H19N3O5.C18H21N3O3/c1-21(17(23)9-13-3-2-4-16(19)20-13)10-15(22)12-5-7-14(8-6-12)26-11-18(24)25;1-3-24-15-9-7-13(8-10-15)16(22)12-21(2)18(23)11-14-5-4-6-17(19)20-14/h2-8H,9-11H2,1H3,(H2,19,20)(H,24,25);4-10H,3,11-12H2,1-2H3,(H2,19,20). The maximum Gasteiger partial charge on any atom is 0.341 e. The molecule has 0 aliphatic rings. The number of hydrogen-bond acceptors (Lipinski definition) is 11. The minimum absolute atomic E-state index is 0.00906. The van der Waals surface area contributed by atoms with E-state index >= 15 is 0 Å². The molecule has 2 aromatic carbocycles. The van der Waals surface area contributed by atoms with Crippen molar-refractivity contribution >= 4 is 41.0 Å². The molecule has 0 radical (unpaired) electrons. The second-order valence-electron chi connectivity index (χ2n) is 11.0. The van der Waals surface area contributed by atoms with E-state index < -0.39 is 12.6 Å².